The van der Waals surface area contributed by atoms with Gasteiger partial charge in [-0.1, -0.05) is 70.1 Å². The minimum absolute atomic E-state index is 0.0570. The highest BCUT2D eigenvalue weighted by Gasteiger charge is 2.35. The van der Waals surface area contributed by atoms with Crippen LogP contribution in [0.25, 0.3) is 10.9 Å². The van der Waals surface area contributed by atoms with E-state index in [2.05, 4.69) is 67.5 Å². The third kappa shape index (κ3) is 20.0. The zero-order chi connectivity index (χ0) is 56.7. The maximum Gasteiger partial charge on any atom is 0.244 e. The number of carbonyl (C=O) groups is 9. The van der Waals surface area contributed by atoms with Gasteiger partial charge in [0, 0.05) is 73.9 Å². The number of hydrogen-bond acceptors (Lipinski definition) is 14. The molecule has 1 aliphatic heterocycles. The summed E-state index contributed by atoms with van der Waals surface area (Å²) >= 11 is 0. The highest BCUT2D eigenvalue weighted by Crippen LogP contribution is 2.24. The molecular formula is C49H68N18O9S2. The zero-order valence-corrected chi connectivity index (χ0v) is 44.7. The molecule has 78 heavy (non-hydrogen) atoms. The predicted molar refractivity (Wildman–Crippen MR) is 295 cm³/mol. The highest BCUT2D eigenvalue weighted by atomic mass is 33.1. The van der Waals surface area contributed by atoms with Crippen LogP contribution in [0, 0.1) is 0 Å². The summed E-state index contributed by atoms with van der Waals surface area (Å²) < 4.78 is 0. The van der Waals surface area contributed by atoms with Crippen molar-refractivity contribution in [2.75, 3.05) is 24.6 Å². The molecule has 2 aromatic carbocycles. The summed E-state index contributed by atoms with van der Waals surface area (Å²) in [5.74, 6) is -7.98. The van der Waals surface area contributed by atoms with Gasteiger partial charge in [-0.15, -0.1) is 0 Å². The van der Waals surface area contributed by atoms with E-state index in [9.17, 15) is 43.2 Å². The Bertz CT molecular complexity index is 2740. The molecule has 0 aliphatic carbocycles. The van der Waals surface area contributed by atoms with Crippen molar-refractivity contribution in [2.24, 2.45) is 38.7 Å². The molecule has 5 rings (SSSR count). The molecule has 27 nitrogen and oxygen atoms in total. The van der Waals surface area contributed by atoms with Crippen LogP contribution in [0.4, 0.5) is 0 Å². The summed E-state index contributed by atoms with van der Waals surface area (Å²) in [6.07, 6.45) is 2.83. The van der Waals surface area contributed by atoms with Crippen LogP contribution in [0.1, 0.15) is 56.5 Å². The fraction of sp³-hybridized carbons (Fsp3) is 0.429. The molecule has 0 saturated carbocycles. The van der Waals surface area contributed by atoms with E-state index in [1.807, 2.05) is 24.3 Å². The summed E-state index contributed by atoms with van der Waals surface area (Å²) in [4.78, 5) is 144. The number of nitrogens with zero attached hydrogens (tertiary/aromatic N) is 3. The summed E-state index contributed by atoms with van der Waals surface area (Å²) in [6.45, 7) is 2.74. The lowest BCUT2D eigenvalue weighted by Crippen LogP contribution is -2.61. The van der Waals surface area contributed by atoms with Crippen molar-refractivity contribution >= 4 is 97.6 Å². The molecule has 1 aliphatic rings. The molecule has 1 fully saturated rings. The summed E-state index contributed by atoms with van der Waals surface area (Å²) in [5.41, 5.74) is 30.2. The number of hydrogen-bond donors (Lipinski definition) is 15. The highest BCUT2D eigenvalue weighted by molar-refractivity contribution is 8.76. The van der Waals surface area contributed by atoms with E-state index in [1.165, 1.54) is 26.4 Å². The Morgan fingerprint density at radius 3 is 1.88 bits per heavy atom. The molecule has 4 aromatic rings. The zero-order valence-electron chi connectivity index (χ0n) is 43.0. The van der Waals surface area contributed by atoms with Crippen LogP contribution in [0.3, 0.4) is 0 Å². The van der Waals surface area contributed by atoms with E-state index in [4.69, 9.17) is 28.7 Å². The number of benzene rings is 2. The molecule has 0 bridgehead atoms. The molecule has 20 N–H and O–H groups in total. The van der Waals surface area contributed by atoms with Crippen LogP contribution in [-0.4, -0.2) is 153 Å². The van der Waals surface area contributed by atoms with Gasteiger partial charge < -0.3 is 81.2 Å². The molecule has 8 atom stereocenters. The van der Waals surface area contributed by atoms with E-state index < -0.39 is 101 Å². The molecule has 420 valence electrons. The summed E-state index contributed by atoms with van der Waals surface area (Å²) in [7, 11) is 2.01. The minimum atomic E-state index is -1.40. The van der Waals surface area contributed by atoms with Gasteiger partial charge in [-0.25, -0.2) is 4.98 Å². The van der Waals surface area contributed by atoms with Crippen molar-refractivity contribution in [3.63, 3.8) is 0 Å². The number of nitrogens with one attached hydrogen (secondary N) is 10. The molecule has 2 aromatic heterocycles. The Labute approximate surface area is 457 Å². The maximum absolute atomic E-state index is 14.6. The van der Waals surface area contributed by atoms with Gasteiger partial charge in [-0.3, -0.25) is 53.1 Å². The Morgan fingerprint density at radius 2 is 1.26 bits per heavy atom. The number of guanidine groups is 2. The lowest BCUT2D eigenvalue weighted by Gasteiger charge is -2.27. The first-order valence-corrected chi connectivity index (χ1v) is 27.4. The van der Waals surface area contributed by atoms with Gasteiger partial charge in [0.15, 0.2) is 11.9 Å². The number of para-hydroxylation sites is 1. The number of amides is 9. The van der Waals surface area contributed by atoms with Gasteiger partial charge in [-0.05, 0) is 55.7 Å². The van der Waals surface area contributed by atoms with Gasteiger partial charge in [0.2, 0.25) is 53.2 Å². The van der Waals surface area contributed by atoms with Crippen LogP contribution < -0.4 is 71.2 Å². The normalized spacial score (nSPS) is 21.7. The number of aromatic nitrogens is 3. The van der Waals surface area contributed by atoms with E-state index >= 15 is 0 Å². The predicted octanol–water partition coefficient (Wildman–Crippen LogP) is -3.18. The van der Waals surface area contributed by atoms with E-state index in [-0.39, 0.29) is 81.5 Å². The van der Waals surface area contributed by atoms with Gasteiger partial charge in [0.05, 0.1) is 6.33 Å². The van der Waals surface area contributed by atoms with Crippen molar-refractivity contribution in [3.05, 3.63) is 90.1 Å². The van der Waals surface area contributed by atoms with Gasteiger partial charge >= 0.3 is 0 Å². The molecule has 1 unspecified atom stereocenters. The van der Waals surface area contributed by atoms with Crippen LogP contribution in [0.2, 0.25) is 0 Å². The minimum Gasteiger partial charge on any atom is -0.370 e. The van der Waals surface area contributed by atoms with Crippen molar-refractivity contribution in [1.29, 1.82) is 0 Å². The lowest BCUT2D eigenvalue weighted by molar-refractivity contribution is -0.135. The monoisotopic (exact) mass is 1120 g/mol. The van der Waals surface area contributed by atoms with Crippen molar-refractivity contribution in [1.82, 2.24) is 57.5 Å². The molecule has 1 saturated heterocycles. The van der Waals surface area contributed by atoms with Crippen LogP contribution >= 0.6 is 21.6 Å². The molecule has 9 amide bonds. The second-order valence-corrected chi connectivity index (χ2v) is 20.8. The van der Waals surface area contributed by atoms with Crippen molar-refractivity contribution < 1.29 is 43.2 Å². The first-order chi connectivity index (χ1) is 37.3. The smallest absolute Gasteiger partial charge is 0.244 e. The Morgan fingerprint density at radius 1 is 0.679 bits per heavy atom. The second-order valence-electron chi connectivity index (χ2n) is 18.3. The first-order valence-electron chi connectivity index (χ1n) is 24.9. The Hall–Kier alpha value is -8.34. The van der Waals surface area contributed by atoms with Crippen molar-refractivity contribution in [3.8, 4) is 0 Å². The van der Waals surface area contributed by atoms with Gasteiger partial charge in [0.1, 0.15) is 48.3 Å². The van der Waals surface area contributed by atoms with E-state index in [0.717, 1.165) is 32.5 Å². The average molecular weight is 1120 g/mol. The summed E-state index contributed by atoms with van der Waals surface area (Å²) in [6, 6.07) is 7.01. The van der Waals surface area contributed by atoms with Gasteiger partial charge in [-0.2, -0.15) is 0 Å². The number of rotatable bonds is 18. The fourth-order valence-electron chi connectivity index (χ4n) is 8.00. The number of fused-ring (bicyclic) bond motifs is 1. The van der Waals surface area contributed by atoms with Crippen LogP contribution in [0.5, 0.6) is 0 Å². The number of primary amides is 1. The van der Waals surface area contributed by atoms with E-state index in [0.29, 0.717) is 17.0 Å². The topological polar surface area (TPSA) is 449 Å². The molecule has 3 heterocycles. The maximum atomic E-state index is 14.6. The Balaban J connectivity index is 1.54. The second kappa shape index (κ2) is 30.4. The number of imidazole rings is 1. The van der Waals surface area contributed by atoms with Gasteiger partial charge in [0.25, 0.3) is 0 Å². The summed E-state index contributed by atoms with van der Waals surface area (Å²) in [5, 5.41) is 22.2. The Kier molecular flexibility index (Phi) is 23.6. The number of nitrogens with two attached hydrogens (primary N) is 5. The molecular weight excluding hydrogens is 1050 g/mol. The molecule has 0 spiro atoms. The fourth-order valence-corrected chi connectivity index (χ4v) is 10.3. The third-order valence-corrected chi connectivity index (χ3v) is 14.4. The average Bonchev–Trinajstić information content (AvgIpc) is 4.07. The van der Waals surface area contributed by atoms with Crippen LogP contribution in [0.15, 0.2) is 83.2 Å². The SMILES string of the molecule is CC(=O)N[C@@H](CCCN=C(N)N)C(=O)N[C@H]1CSSC[C@@H](C(N)=O)NC(=O)[C@H](Cc2cc3ccccc3[nH]2)NC(=O)[C@H](CCCN=C(N)N)NC(=O)C(Cc2ccccc2)NC(=O)[C@H](Cc2cnc[nH]2)NC(=O)[C@@H](C)NC1=O. The van der Waals surface area contributed by atoms with Crippen LogP contribution in [-0.2, 0) is 62.4 Å². The first kappa shape index (κ1) is 60.5. The largest absolute Gasteiger partial charge is 0.370 e. The van der Waals surface area contributed by atoms with Crippen molar-refractivity contribution in [2.45, 2.75) is 107 Å². The van der Waals surface area contributed by atoms with E-state index in [1.54, 1.807) is 36.4 Å². The number of aromatic amines is 2. The number of H-pyrrole nitrogens is 2. The standard InChI is InChI=1S/C49H68N18O9S2/c1-26-41(70)63-37(21-31-22-55-25-58-31)45(74)64-35(18-28-10-4-3-5-11-28)44(73)62-34(15-9-17-57-49(53)54)43(72)65-36(20-30-19-29-12-6-7-13-32(29)61-30)46(75)66-38(40(50)69)23-77-78-24-39(47(76)59-26)67-42(71)33(60-27(2)68)14-8-16-56-48(51)52/h3-7,10-13,19,22,25-26,33-39,61H,8-9,14-18,20-21,23-24H2,1-2H3,(H2,50,69)(H,55,58)(H,59,76)(H,60,68)(H,62,73)(H,63,70)(H,64,74)(H,65,72)(H,66,75)(H,67,71)(H4,51,52,56)(H4,53,54,57)/t26-,33+,34+,35?,36+,37+,38+,39+/m1/s1. The quantitative estimate of drug-likeness (QED) is 0.0202. The lowest BCUT2D eigenvalue weighted by atomic mass is 10.0. The number of carbonyl (C=O) groups excluding carboxylic acids is 9. The molecule has 0 radical (unpaired) electrons. The number of aliphatic imine (C=N–C) groups is 2. The molecule has 29 heteroatoms. The third-order valence-electron chi connectivity index (χ3n) is 12.0.